The maximum atomic E-state index is 13.8. The van der Waals surface area contributed by atoms with Crippen LogP contribution >= 0.6 is 0 Å². The van der Waals surface area contributed by atoms with E-state index in [-0.39, 0.29) is 11.9 Å². The van der Waals surface area contributed by atoms with Gasteiger partial charge in [0.1, 0.15) is 5.82 Å². The summed E-state index contributed by atoms with van der Waals surface area (Å²) in [5, 5.41) is 5.69. The summed E-state index contributed by atoms with van der Waals surface area (Å²) >= 11 is 0. The minimum absolute atomic E-state index is 0.0386. The molecule has 1 heterocycles. The minimum Gasteiger partial charge on any atom is -0.306 e. The molecule has 0 aliphatic rings. The van der Waals surface area contributed by atoms with Crippen molar-refractivity contribution >= 4 is 10.8 Å². The van der Waals surface area contributed by atoms with Crippen molar-refractivity contribution in [2.75, 3.05) is 0 Å². The highest BCUT2D eigenvalue weighted by Crippen LogP contribution is 2.20. The first-order valence-corrected chi connectivity index (χ1v) is 7.05. The summed E-state index contributed by atoms with van der Waals surface area (Å²) in [6, 6.07) is 15.0. The van der Waals surface area contributed by atoms with E-state index in [2.05, 4.69) is 16.4 Å². The minimum atomic E-state index is -0.167. The SMILES string of the molecule is C[C@@H](NCc1cccc2cnccc12)c1ccccc1F. The van der Waals surface area contributed by atoms with Crippen molar-refractivity contribution < 1.29 is 4.39 Å². The normalized spacial score (nSPS) is 12.5. The van der Waals surface area contributed by atoms with Crippen molar-refractivity contribution in [3.8, 4) is 0 Å². The Bertz CT molecular complexity index is 750. The third-order valence-corrected chi connectivity index (χ3v) is 3.74. The number of nitrogens with one attached hydrogen (secondary N) is 1. The number of pyridine rings is 1. The molecule has 0 bridgehead atoms. The molecule has 106 valence electrons. The summed E-state index contributed by atoms with van der Waals surface area (Å²) in [6.45, 7) is 2.67. The van der Waals surface area contributed by atoms with Crippen LogP contribution in [0.2, 0.25) is 0 Å². The molecule has 2 nitrogen and oxygen atoms in total. The quantitative estimate of drug-likeness (QED) is 0.773. The van der Waals surface area contributed by atoms with E-state index in [1.807, 2.05) is 43.5 Å². The predicted octanol–water partition coefficient (Wildman–Crippen LogP) is 4.22. The van der Waals surface area contributed by atoms with Crippen molar-refractivity contribution in [3.05, 3.63) is 77.9 Å². The highest BCUT2D eigenvalue weighted by molar-refractivity contribution is 5.84. The molecule has 21 heavy (non-hydrogen) atoms. The number of hydrogen-bond acceptors (Lipinski definition) is 2. The van der Waals surface area contributed by atoms with Crippen molar-refractivity contribution in [1.82, 2.24) is 10.3 Å². The average Bonchev–Trinajstić information content (AvgIpc) is 2.53. The lowest BCUT2D eigenvalue weighted by molar-refractivity contribution is 0.529. The van der Waals surface area contributed by atoms with Crippen LogP contribution in [0, 0.1) is 5.82 Å². The molecule has 3 heteroatoms. The molecule has 1 atom stereocenters. The molecule has 0 aliphatic carbocycles. The summed E-state index contributed by atoms with van der Waals surface area (Å²) < 4.78 is 13.8. The van der Waals surface area contributed by atoms with Crippen molar-refractivity contribution in [3.63, 3.8) is 0 Å². The molecular formula is C18H17FN2. The molecule has 0 saturated carbocycles. The fourth-order valence-corrected chi connectivity index (χ4v) is 2.54. The van der Waals surface area contributed by atoms with Gasteiger partial charge in [0.2, 0.25) is 0 Å². The molecule has 0 spiro atoms. The van der Waals surface area contributed by atoms with Crippen LogP contribution in [0.25, 0.3) is 10.8 Å². The van der Waals surface area contributed by atoms with Crippen LogP contribution in [-0.4, -0.2) is 4.98 Å². The van der Waals surface area contributed by atoms with Gasteiger partial charge in [-0.2, -0.15) is 0 Å². The Hall–Kier alpha value is -2.26. The monoisotopic (exact) mass is 280 g/mol. The maximum absolute atomic E-state index is 13.8. The third-order valence-electron chi connectivity index (χ3n) is 3.74. The van der Waals surface area contributed by atoms with E-state index in [9.17, 15) is 4.39 Å². The molecule has 3 aromatic rings. The van der Waals surface area contributed by atoms with Gasteiger partial charge in [-0.05, 0) is 30.0 Å². The Balaban J connectivity index is 1.79. The average molecular weight is 280 g/mol. The summed E-state index contributed by atoms with van der Waals surface area (Å²) in [5.74, 6) is -0.167. The van der Waals surface area contributed by atoms with Gasteiger partial charge in [-0.3, -0.25) is 4.98 Å². The Morgan fingerprint density at radius 3 is 2.81 bits per heavy atom. The number of rotatable bonds is 4. The Morgan fingerprint density at radius 1 is 1.10 bits per heavy atom. The van der Waals surface area contributed by atoms with Gasteiger partial charge in [0.25, 0.3) is 0 Å². The van der Waals surface area contributed by atoms with Crippen LogP contribution in [-0.2, 0) is 6.54 Å². The van der Waals surface area contributed by atoms with Gasteiger partial charge in [0.05, 0.1) is 0 Å². The second-order valence-corrected chi connectivity index (χ2v) is 5.14. The highest BCUT2D eigenvalue weighted by Gasteiger charge is 2.10. The fourth-order valence-electron chi connectivity index (χ4n) is 2.54. The molecule has 0 unspecified atom stereocenters. The molecule has 0 amide bonds. The van der Waals surface area contributed by atoms with Gasteiger partial charge in [-0.25, -0.2) is 4.39 Å². The molecule has 0 saturated heterocycles. The first kappa shape index (κ1) is 13.7. The number of aromatic nitrogens is 1. The van der Waals surface area contributed by atoms with Gasteiger partial charge in [0.15, 0.2) is 0 Å². The van der Waals surface area contributed by atoms with Gasteiger partial charge in [-0.1, -0.05) is 36.4 Å². The summed E-state index contributed by atoms with van der Waals surface area (Å²) in [7, 11) is 0. The summed E-state index contributed by atoms with van der Waals surface area (Å²) in [6.07, 6.45) is 3.66. The third kappa shape index (κ3) is 2.93. The van der Waals surface area contributed by atoms with Crippen LogP contribution in [0.15, 0.2) is 60.9 Å². The van der Waals surface area contributed by atoms with Crippen LogP contribution in [0.3, 0.4) is 0 Å². The van der Waals surface area contributed by atoms with E-state index in [4.69, 9.17) is 0 Å². The van der Waals surface area contributed by atoms with E-state index in [0.29, 0.717) is 12.1 Å². The van der Waals surface area contributed by atoms with E-state index in [1.165, 1.54) is 17.0 Å². The van der Waals surface area contributed by atoms with E-state index >= 15 is 0 Å². The van der Waals surface area contributed by atoms with Gasteiger partial charge < -0.3 is 5.32 Å². The zero-order chi connectivity index (χ0) is 14.7. The molecule has 3 rings (SSSR count). The number of benzene rings is 2. The smallest absolute Gasteiger partial charge is 0.127 e. The lowest BCUT2D eigenvalue weighted by atomic mass is 10.0. The summed E-state index contributed by atoms with van der Waals surface area (Å²) in [4.78, 5) is 4.14. The Labute approximate surface area is 123 Å². The number of nitrogens with zero attached hydrogens (tertiary/aromatic N) is 1. The predicted molar refractivity (Wildman–Crippen MR) is 83.4 cm³/mol. The van der Waals surface area contributed by atoms with Crippen LogP contribution < -0.4 is 5.32 Å². The first-order chi connectivity index (χ1) is 10.3. The zero-order valence-electron chi connectivity index (χ0n) is 11.9. The van der Waals surface area contributed by atoms with Crippen LogP contribution in [0.1, 0.15) is 24.1 Å². The Kier molecular flexibility index (Phi) is 3.93. The van der Waals surface area contributed by atoms with Crippen molar-refractivity contribution in [2.24, 2.45) is 0 Å². The molecule has 2 aromatic carbocycles. The van der Waals surface area contributed by atoms with Gasteiger partial charge in [-0.15, -0.1) is 0 Å². The number of hydrogen-bond donors (Lipinski definition) is 1. The lowest BCUT2D eigenvalue weighted by Gasteiger charge is -2.16. The standard InChI is InChI=1S/C18H17FN2/c1-13(16-7-2-3-8-18(16)19)21-12-15-6-4-5-14-11-20-10-9-17(14)15/h2-11,13,21H,12H2,1H3/t13-/m1/s1. The molecule has 1 aromatic heterocycles. The second-order valence-electron chi connectivity index (χ2n) is 5.14. The molecular weight excluding hydrogens is 263 g/mol. The lowest BCUT2D eigenvalue weighted by Crippen LogP contribution is -2.19. The maximum Gasteiger partial charge on any atom is 0.127 e. The zero-order valence-corrected chi connectivity index (χ0v) is 11.9. The van der Waals surface area contributed by atoms with Crippen molar-refractivity contribution in [1.29, 1.82) is 0 Å². The first-order valence-electron chi connectivity index (χ1n) is 7.05. The van der Waals surface area contributed by atoms with Crippen molar-refractivity contribution in [2.45, 2.75) is 19.5 Å². The van der Waals surface area contributed by atoms with E-state index in [1.54, 1.807) is 12.3 Å². The highest BCUT2D eigenvalue weighted by atomic mass is 19.1. The number of fused-ring (bicyclic) bond motifs is 1. The van der Waals surface area contributed by atoms with Gasteiger partial charge in [0, 0.05) is 35.9 Å². The molecule has 0 fully saturated rings. The second kappa shape index (κ2) is 6.02. The fraction of sp³-hybridized carbons (Fsp3) is 0.167. The van der Waals surface area contributed by atoms with Crippen LogP contribution in [0.5, 0.6) is 0 Å². The molecule has 0 radical (unpaired) electrons. The molecule has 0 aliphatic heterocycles. The van der Waals surface area contributed by atoms with Gasteiger partial charge >= 0.3 is 0 Å². The molecule has 1 N–H and O–H groups in total. The van der Waals surface area contributed by atoms with E-state index in [0.717, 1.165) is 5.39 Å². The Morgan fingerprint density at radius 2 is 1.95 bits per heavy atom. The largest absolute Gasteiger partial charge is 0.306 e. The number of halogens is 1. The van der Waals surface area contributed by atoms with Crippen LogP contribution in [0.4, 0.5) is 4.39 Å². The van der Waals surface area contributed by atoms with E-state index < -0.39 is 0 Å². The summed E-state index contributed by atoms with van der Waals surface area (Å²) in [5.41, 5.74) is 1.89. The topological polar surface area (TPSA) is 24.9 Å².